The monoisotopic (exact) mass is 420 g/mol. The molecule has 28 heavy (non-hydrogen) atoms. The number of hydrogen-bond acceptors (Lipinski definition) is 5. The maximum Gasteiger partial charge on any atom is 0.263 e. The minimum absolute atomic E-state index is 0.0822. The molecule has 0 spiro atoms. The number of hydrogen-bond donors (Lipinski definition) is 2. The Labute approximate surface area is 172 Å². The zero-order valence-corrected chi connectivity index (χ0v) is 17.0. The van der Waals surface area contributed by atoms with Gasteiger partial charge in [-0.2, -0.15) is 0 Å². The Morgan fingerprint density at radius 3 is 2.82 bits per heavy atom. The van der Waals surface area contributed by atoms with Crippen molar-refractivity contribution in [3.63, 3.8) is 0 Å². The minimum Gasteiger partial charge on any atom is -0.351 e. The number of nitrogens with zero attached hydrogens (tertiary/aromatic N) is 2. The van der Waals surface area contributed by atoms with Crippen LogP contribution in [0.4, 0.5) is 5.82 Å². The molecule has 0 radical (unpaired) electrons. The average molecular weight is 421 g/mol. The summed E-state index contributed by atoms with van der Waals surface area (Å²) in [5, 5.41) is 6.01. The van der Waals surface area contributed by atoms with Gasteiger partial charge < -0.3 is 15.5 Å². The van der Waals surface area contributed by atoms with Gasteiger partial charge >= 0.3 is 0 Å². The number of pyridine rings is 1. The van der Waals surface area contributed by atoms with Gasteiger partial charge in [0.25, 0.3) is 5.91 Å². The molecule has 0 aromatic carbocycles. The third-order valence-corrected chi connectivity index (χ3v) is 5.74. The largest absolute Gasteiger partial charge is 0.351 e. The summed E-state index contributed by atoms with van der Waals surface area (Å²) in [6.45, 7) is 2.86. The molecule has 2 aromatic rings. The van der Waals surface area contributed by atoms with Crippen molar-refractivity contribution >= 4 is 46.5 Å². The molecule has 9 heteroatoms. The van der Waals surface area contributed by atoms with Gasteiger partial charge in [0.1, 0.15) is 5.82 Å². The minimum atomic E-state index is -0.283. The highest BCUT2D eigenvalue weighted by Gasteiger charge is 2.29. The molecule has 1 aliphatic rings. The van der Waals surface area contributed by atoms with Crippen molar-refractivity contribution < 1.29 is 14.4 Å². The Balaban J connectivity index is 1.59. The first-order valence-electron chi connectivity index (χ1n) is 8.97. The summed E-state index contributed by atoms with van der Waals surface area (Å²) in [6, 6.07) is 6.92. The molecule has 2 aromatic heterocycles. The van der Waals surface area contributed by atoms with E-state index >= 15 is 0 Å². The van der Waals surface area contributed by atoms with Crippen LogP contribution in [0.2, 0.25) is 5.02 Å². The van der Waals surface area contributed by atoms with Crippen molar-refractivity contribution in [3.8, 4) is 0 Å². The first-order valence-corrected chi connectivity index (χ1v) is 10.2. The van der Waals surface area contributed by atoms with Crippen molar-refractivity contribution in [2.45, 2.75) is 26.3 Å². The number of piperidine rings is 1. The number of carbonyl (C=O) groups is 3. The quantitative estimate of drug-likeness (QED) is 0.777. The summed E-state index contributed by atoms with van der Waals surface area (Å²) < 4.78 is 0. The van der Waals surface area contributed by atoms with Crippen LogP contribution in [0, 0.1) is 5.92 Å². The Kier molecular flexibility index (Phi) is 6.64. The Hall–Kier alpha value is -2.45. The molecule has 1 saturated heterocycles. The molecule has 3 heterocycles. The van der Waals surface area contributed by atoms with Gasteiger partial charge in [0.2, 0.25) is 11.8 Å². The first kappa shape index (κ1) is 20.3. The number of amides is 3. The smallest absolute Gasteiger partial charge is 0.263 e. The van der Waals surface area contributed by atoms with E-state index in [0.717, 1.165) is 17.7 Å². The van der Waals surface area contributed by atoms with Crippen LogP contribution in [-0.2, 0) is 16.1 Å². The number of likely N-dealkylation sites (tertiary alicyclic amines) is 1. The number of thiophene rings is 1. The van der Waals surface area contributed by atoms with Crippen LogP contribution in [0.3, 0.4) is 0 Å². The Morgan fingerprint density at radius 2 is 2.11 bits per heavy atom. The second kappa shape index (κ2) is 9.16. The summed E-state index contributed by atoms with van der Waals surface area (Å²) >= 11 is 7.17. The third kappa shape index (κ3) is 5.30. The van der Waals surface area contributed by atoms with E-state index in [2.05, 4.69) is 15.6 Å². The predicted octanol–water partition coefficient (Wildman–Crippen LogP) is 2.92. The molecule has 0 saturated carbocycles. The molecular weight excluding hydrogens is 400 g/mol. The van der Waals surface area contributed by atoms with Gasteiger partial charge in [0.05, 0.1) is 22.4 Å². The highest BCUT2D eigenvalue weighted by molar-refractivity contribution is 7.14. The zero-order chi connectivity index (χ0) is 20.1. The van der Waals surface area contributed by atoms with Gasteiger partial charge in [-0.1, -0.05) is 11.6 Å². The van der Waals surface area contributed by atoms with Crippen LogP contribution in [-0.4, -0.2) is 40.7 Å². The van der Waals surface area contributed by atoms with Gasteiger partial charge in [-0.15, -0.1) is 11.3 Å². The Morgan fingerprint density at radius 1 is 1.29 bits per heavy atom. The number of halogens is 1. The van der Waals surface area contributed by atoms with Gasteiger partial charge in [0, 0.05) is 31.1 Å². The van der Waals surface area contributed by atoms with Gasteiger partial charge in [0.15, 0.2) is 0 Å². The van der Waals surface area contributed by atoms with Gasteiger partial charge in [-0.05, 0) is 37.1 Å². The predicted molar refractivity (Wildman–Crippen MR) is 108 cm³/mol. The van der Waals surface area contributed by atoms with Crippen LogP contribution in [0.15, 0.2) is 30.5 Å². The lowest BCUT2D eigenvalue weighted by atomic mass is 9.97. The van der Waals surface area contributed by atoms with Gasteiger partial charge in [-0.3, -0.25) is 14.4 Å². The van der Waals surface area contributed by atoms with E-state index in [9.17, 15) is 14.4 Å². The highest BCUT2D eigenvalue weighted by Crippen LogP contribution is 2.23. The van der Waals surface area contributed by atoms with E-state index in [1.807, 2.05) is 6.07 Å². The van der Waals surface area contributed by atoms with Crippen molar-refractivity contribution in [1.29, 1.82) is 0 Å². The second-order valence-corrected chi connectivity index (χ2v) is 8.22. The van der Waals surface area contributed by atoms with E-state index in [0.29, 0.717) is 35.4 Å². The molecule has 0 aliphatic carbocycles. The molecule has 1 fully saturated rings. The molecule has 1 aliphatic heterocycles. The summed E-state index contributed by atoms with van der Waals surface area (Å²) in [4.78, 5) is 43.7. The standard InChI is InChI=1S/C19H21ClN4O3S/c1-12(25)21-10-15-5-6-16(28-15)19(27)24-8-2-3-13(11-24)18(26)23-17-7-4-14(20)9-22-17/h4-7,9,13H,2-3,8,10-11H2,1H3,(H,21,25)(H,22,23,26). The van der Waals surface area contributed by atoms with Crippen molar-refractivity contribution in [2.24, 2.45) is 5.92 Å². The topological polar surface area (TPSA) is 91.4 Å². The van der Waals surface area contributed by atoms with Crippen LogP contribution >= 0.6 is 22.9 Å². The van der Waals surface area contributed by atoms with Crippen molar-refractivity contribution in [1.82, 2.24) is 15.2 Å². The van der Waals surface area contributed by atoms with Gasteiger partial charge in [-0.25, -0.2) is 4.98 Å². The number of nitrogens with one attached hydrogen (secondary N) is 2. The van der Waals surface area contributed by atoms with Crippen LogP contribution in [0.25, 0.3) is 0 Å². The number of aromatic nitrogens is 1. The molecule has 3 rings (SSSR count). The maximum absolute atomic E-state index is 12.8. The van der Waals surface area contributed by atoms with E-state index in [1.165, 1.54) is 24.5 Å². The van der Waals surface area contributed by atoms with E-state index < -0.39 is 0 Å². The molecule has 3 amide bonds. The summed E-state index contributed by atoms with van der Waals surface area (Å²) in [5.41, 5.74) is 0. The number of carbonyl (C=O) groups excluding carboxylic acids is 3. The Bertz CT molecular complexity index is 868. The maximum atomic E-state index is 12.8. The molecular formula is C19H21ClN4O3S. The lowest BCUT2D eigenvalue weighted by molar-refractivity contribution is -0.121. The summed E-state index contributed by atoms with van der Waals surface area (Å²) in [7, 11) is 0. The van der Waals surface area contributed by atoms with E-state index in [1.54, 1.807) is 23.1 Å². The third-order valence-electron chi connectivity index (χ3n) is 4.44. The molecule has 2 N–H and O–H groups in total. The lowest BCUT2D eigenvalue weighted by Crippen LogP contribution is -2.43. The zero-order valence-electron chi connectivity index (χ0n) is 15.4. The van der Waals surface area contributed by atoms with E-state index in [4.69, 9.17) is 11.6 Å². The fourth-order valence-corrected chi connectivity index (χ4v) is 4.04. The summed E-state index contributed by atoms with van der Waals surface area (Å²) in [5.74, 6) is -0.180. The van der Waals surface area contributed by atoms with Crippen LogP contribution < -0.4 is 10.6 Å². The lowest BCUT2D eigenvalue weighted by Gasteiger charge is -2.31. The molecule has 1 unspecified atom stereocenters. The van der Waals surface area contributed by atoms with Crippen molar-refractivity contribution in [2.75, 3.05) is 18.4 Å². The fourth-order valence-electron chi connectivity index (χ4n) is 3.01. The second-order valence-electron chi connectivity index (χ2n) is 6.62. The first-order chi connectivity index (χ1) is 13.4. The van der Waals surface area contributed by atoms with Crippen LogP contribution in [0.1, 0.15) is 34.3 Å². The number of rotatable bonds is 5. The van der Waals surface area contributed by atoms with E-state index in [-0.39, 0.29) is 23.6 Å². The average Bonchev–Trinajstić information content (AvgIpc) is 3.16. The SMILES string of the molecule is CC(=O)NCc1ccc(C(=O)N2CCCC(C(=O)Nc3ccc(Cl)cn3)C2)s1. The van der Waals surface area contributed by atoms with Crippen LogP contribution in [0.5, 0.6) is 0 Å². The molecule has 1 atom stereocenters. The number of anilines is 1. The van der Waals surface area contributed by atoms with Crippen molar-refractivity contribution in [3.05, 3.63) is 45.2 Å². The molecule has 7 nitrogen and oxygen atoms in total. The highest BCUT2D eigenvalue weighted by atomic mass is 35.5. The molecule has 148 valence electrons. The fraction of sp³-hybridized carbons (Fsp3) is 0.368. The summed E-state index contributed by atoms with van der Waals surface area (Å²) in [6.07, 6.45) is 2.96. The molecule has 0 bridgehead atoms. The normalized spacial score (nSPS) is 16.5.